The van der Waals surface area contributed by atoms with Crippen molar-refractivity contribution >= 4 is 11.6 Å². The SMILES string of the molecule is CC(Oc1ccc(Cl)cc1CCN)c1ccccc1. The summed E-state index contributed by atoms with van der Waals surface area (Å²) in [6.45, 7) is 2.62. The minimum atomic E-state index is -0.00102. The van der Waals surface area contributed by atoms with Gasteiger partial charge in [0.1, 0.15) is 11.9 Å². The van der Waals surface area contributed by atoms with Crippen LogP contribution in [0.3, 0.4) is 0 Å². The summed E-state index contributed by atoms with van der Waals surface area (Å²) in [6.07, 6.45) is 0.760. The molecule has 1 atom stereocenters. The molecule has 0 aromatic heterocycles. The second-order valence-electron chi connectivity index (χ2n) is 4.46. The maximum absolute atomic E-state index is 6.02. The van der Waals surface area contributed by atoms with Gasteiger partial charge in [0.15, 0.2) is 0 Å². The van der Waals surface area contributed by atoms with E-state index in [1.807, 2.05) is 43.3 Å². The van der Waals surface area contributed by atoms with Crippen LogP contribution in [0.1, 0.15) is 24.2 Å². The number of hydrogen-bond donors (Lipinski definition) is 1. The highest BCUT2D eigenvalue weighted by molar-refractivity contribution is 6.30. The number of halogens is 1. The minimum absolute atomic E-state index is 0.00102. The van der Waals surface area contributed by atoms with Gasteiger partial charge >= 0.3 is 0 Å². The van der Waals surface area contributed by atoms with Crippen LogP contribution in [0, 0.1) is 0 Å². The van der Waals surface area contributed by atoms with Gasteiger partial charge in [-0.05, 0) is 49.2 Å². The first-order valence-electron chi connectivity index (χ1n) is 6.41. The fourth-order valence-corrected chi connectivity index (χ4v) is 2.19. The van der Waals surface area contributed by atoms with E-state index < -0.39 is 0 Å². The molecular weight excluding hydrogens is 258 g/mol. The van der Waals surface area contributed by atoms with Crippen molar-refractivity contribution in [1.29, 1.82) is 0 Å². The summed E-state index contributed by atoms with van der Waals surface area (Å²) in [7, 11) is 0. The van der Waals surface area contributed by atoms with Crippen molar-refractivity contribution in [3.63, 3.8) is 0 Å². The number of hydrogen-bond acceptors (Lipinski definition) is 2. The molecule has 0 bridgehead atoms. The van der Waals surface area contributed by atoms with Crippen LogP contribution in [0.15, 0.2) is 48.5 Å². The van der Waals surface area contributed by atoms with Crippen molar-refractivity contribution in [2.45, 2.75) is 19.4 Å². The average Bonchev–Trinajstić information content (AvgIpc) is 2.43. The monoisotopic (exact) mass is 275 g/mol. The lowest BCUT2D eigenvalue weighted by atomic mass is 10.1. The Balaban J connectivity index is 2.18. The number of rotatable bonds is 5. The zero-order valence-corrected chi connectivity index (χ0v) is 11.7. The van der Waals surface area contributed by atoms with Gasteiger partial charge < -0.3 is 10.5 Å². The Morgan fingerprint density at radius 1 is 1.16 bits per heavy atom. The Morgan fingerprint density at radius 2 is 1.89 bits per heavy atom. The molecule has 0 aliphatic heterocycles. The fourth-order valence-electron chi connectivity index (χ4n) is 2.00. The van der Waals surface area contributed by atoms with Crippen molar-refractivity contribution < 1.29 is 4.74 Å². The lowest BCUT2D eigenvalue weighted by molar-refractivity contribution is 0.224. The highest BCUT2D eigenvalue weighted by Crippen LogP contribution is 2.28. The van der Waals surface area contributed by atoms with Gasteiger partial charge in [0.05, 0.1) is 0 Å². The molecule has 1 unspecified atom stereocenters. The Bertz CT molecular complexity index is 528. The summed E-state index contributed by atoms with van der Waals surface area (Å²) in [5.74, 6) is 0.853. The van der Waals surface area contributed by atoms with Crippen LogP contribution in [-0.4, -0.2) is 6.54 Å². The maximum Gasteiger partial charge on any atom is 0.123 e. The van der Waals surface area contributed by atoms with E-state index >= 15 is 0 Å². The van der Waals surface area contributed by atoms with Crippen LogP contribution in [0.25, 0.3) is 0 Å². The standard InChI is InChI=1S/C16H18ClNO/c1-12(13-5-3-2-4-6-13)19-16-8-7-15(17)11-14(16)9-10-18/h2-8,11-12H,9-10,18H2,1H3. The van der Waals surface area contributed by atoms with E-state index in [0.717, 1.165) is 23.3 Å². The summed E-state index contributed by atoms with van der Waals surface area (Å²) in [4.78, 5) is 0. The maximum atomic E-state index is 6.02. The summed E-state index contributed by atoms with van der Waals surface area (Å²) in [5.41, 5.74) is 7.83. The molecule has 2 aromatic carbocycles. The Kier molecular flexibility index (Phi) is 4.83. The second kappa shape index (κ2) is 6.60. The molecule has 0 spiro atoms. The second-order valence-corrected chi connectivity index (χ2v) is 4.90. The minimum Gasteiger partial charge on any atom is -0.486 e. The van der Waals surface area contributed by atoms with E-state index in [0.29, 0.717) is 11.6 Å². The molecule has 0 saturated heterocycles. The van der Waals surface area contributed by atoms with E-state index in [1.54, 1.807) is 0 Å². The summed E-state index contributed by atoms with van der Waals surface area (Å²) >= 11 is 6.01. The molecule has 2 aromatic rings. The third-order valence-electron chi connectivity index (χ3n) is 3.01. The predicted molar refractivity (Wildman–Crippen MR) is 79.7 cm³/mol. The van der Waals surface area contributed by atoms with E-state index in [2.05, 4.69) is 12.1 Å². The zero-order chi connectivity index (χ0) is 13.7. The number of ether oxygens (including phenoxy) is 1. The molecule has 0 aliphatic carbocycles. The predicted octanol–water partition coefficient (Wildman–Crippen LogP) is 3.98. The molecule has 0 heterocycles. The summed E-state index contributed by atoms with van der Waals surface area (Å²) < 4.78 is 6.02. The van der Waals surface area contributed by atoms with Crippen LogP contribution < -0.4 is 10.5 Å². The molecule has 2 nitrogen and oxygen atoms in total. The smallest absolute Gasteiger partial charge is 0.123 e. The van der Waals surface area contributed by atoms with Crippen LogP contribution in [0.2, 0.25) is 5.02 Å². The third-order valence-corrected chi connectivity index (χ3v) is 3.24. The normalized spacial score (nSPS) is 12.2. The van der Waals surface area contributed by atoms with E-state index in [-0.39, 0.29) is 6.10 Å². The molecule has 0 saturated carbocycles. The van der Waals surface area contributed by atoms with Gasteiger partial charge in [-0.25, -0.2) is 0 Å². The number of nitrogens with two attached hydrogens (primary N) is 1. The first kappa shape index (κ1) is 13.9. The molecule has 100 valence electrons. The molecule has 0 fully saturated rings. The van der Waals surface area contributed by atoms with Gasteiger partial charge in [-0.2, -0.15) is 0 Å². The summed E-state index contributed by atoms with van der Waals surface area (Å²) in [6, 6.07) is 15.8. The van der Waals surface area contributed by atoms with Gasteiger partial charge in [0, 0.05) is 5.02 Å². The van der Waals surface area contributed by atoms with Gasteiger partial charge in [0.2, 0.25) is 0 Å². The van der Waals surface area contributed by atoms with Crippen LogP contribution >= 0.6 is 11.6 Å². The molecule has 2 N–H and O–H groups in total. The van der Waals surface area contributed by atoms with Gasteiger partial charge in [-0.1, -0.05) is 41.9 Å². The Labute approximate surface area is 119 Å². The highest BCUT2D eigenvalue weighted by atomic mass is 35.5. The molecule has 0 radical (unpaired) electrons. The van der Waals surface area contributed by atoms with Gasteiger partial charge in [0.25, 0.3) is 0 Å². The van der Waals surface area contributed by atoms with Crippen molar-refractivity contribution in [1.82, 2.24) is 0 Å². The number of benzene rings is 2. The quantitative estimate of drug-likeness (QED) is 0.896. The Hall–Kier alpha value is -1.51. The van der Waals surface area contributed by atoms with Crippen molar-refractivity contribution in [2.24, 2.45) is 5.73 Å². The lowest BCUT2D eigenvalue weighted by Gasteiger charge is -2.18. The molecule has 2 rings (SSSR count). The molecule has 0 aliphatic rings. The Morgan fingerprint density at radius 3 is 2.58 bits per heavy atom. The topological polar surface area (TPSA) is 35.2 Å². The molecule has 19 heavy (non-hydrogen) atoms. The van der Waals surface area contributed by atoms with E-state index in [9.17, 15) is 0 Å². The van der Waals surface area contributed by atoms with Gasteiger partial charge in [-0.3, -0.25) is 0 Å². The molecular formula is C16H18ClNO. The largest absolute Gasteiger partial charge is 0.486 e. The highest BCUT2D eigenvalue weighted by Gasteiger charge is 2.10. The molecule has 0 amide bonds. The van der Waals surface area contributed by atoms with Gasteiger partial charge in [-0.15, -0.1) is 0 Å². The third kappa shape index (κ3) is 3.72. The first-order valence-corrected chi connectivity index (χ1v) is 6.78. The van der Waals surface area contributed by atoms with Crippen molar-refractivity contribution in [3.05, 3.63) is 64.7 Å². The molecule has 3 heteroatoms. The average molecular weight is 276 g/mol. The zero-order valence-electron chi connectivity index (χ0n) is 11.0. The van der Waals surface area contributed by atoms with Crippen molar-refractivity contribution in [2.75, 3.05) is 6.54 Å². The van der Waals surface area contributed by atoms with E-state index in [4.69, 9.17) is 22.1 Å². The van der Waals surface area contributed by atoms with Crippen LogP contribution in [-0.2, 0) is 6.42 Å². The van der Waals surface area contributed by atoms with E-state index in [1.165, 1.54) is 0 Å². The summed E-state index contributed by atoms with van der Waals surface area (Å²) in [5, 5.41) is 0.711. The lowest BCUT2D eigenvalue weighted by Crippen LogP contribution is -2.08. The van der Waals surface area contributed by atoms with Crippen molar-refractivity contribution in [3.8, 4) is 5.75 Å². The first-order chi connectivity index (χ1) is 9.20. The van der Waals surface area contributed by atoms with Crippen LogP contribution in [0.4, 0.5) is 0 Å². The van der Waals surface area contributed by atoms with Crippen LogP contribution in [0.5, 0.6) is 5.75 Å². The fraction of sp³-hybridized carbons (Fsp3) is 0.250.